The van der Waals surface area contributed by atoms with Crippen molar-refractivity contribution in [3.8, 4) is 6.07 Å². The molecule has 1 aliphatic heterocycles. The highest BCUT2D eigenvalue weighted by molar-refractivity contribution is 6.31. The van der Waals surface area contributed by atoms with Gasteiger partial charge in [-0.05, 0) is 42.8 Å². The lowest BCUT2D eigenvalue weighted by atomic mass is 10.1. The molecule has 0 aliphatic carbocycles. The second-order valence-corrected chi connectivity index (χ2v) is 9.39. The minimum Gasteiger partial charge on any atom is -0.368 e. The Kier molecular flexibility index (Phi) is 6.79. The molecule has 180 valence electrons. The first-order valence-corrected chi connectivity index (χ1v) is 12.5. The smallest absolute Gasteiger partial charge is 0.264 e. The molecule has 1 saturated heterocycles. The van der Waals surface area contributed by atoms with Gasteiger partial charge in [-0.15, -0.1) is 0 Å². The number of nitrogens with zero attached hydrogens (tertiary/aromatic N) is 4. The molecule has 5 rings (SSSR count). The van der Waals surface area contributed by atoms with Crippen LogP contribution in [0.15, 0.2) is 84.4 Å². The van der Waals surface area contributed by atoms with E-state index in [9.17, 15) is 10.1 Å². The summed E-state index contributed by atoms with van der Waals surface area (Å²) < 4.78 is 2.19. The number of amides is 1. The molecule has 1 aromatic heterocycles. The number of fused-ring (bicyclic) bond motifs is 1. The number of rotatable bonds is 5. The van der Waals surface area contributed by atoms with Gasteiger partial charge in [-0.2, -0.15) is 5.26 Å². The third kappa shape index (κ3) is 4.60. The van der Waals surface area contributed by atoms with E-state index in [1.54, 1.807) is 11.0 Å². The van der Waals surface area contributed by atoms with Crippen LogP contribution >= 0.6 is 11.6 Å². The molecule has 2 heterocycles. The molecular weight excluding hydrogens is 468 g/mol. The Balaban J connectivity index is 1.43. The number of aromatic nitrogens is 1. The molecule has 0 spiro atoms. The number of benzene rings is 3. The van der Waals surface area contributed by atoms with Gasteiger partial charge in [-0.1, -0.05) is 66.2 Å². The van der Waals surface area contributed by atoms with Crippen LogP contribution in [0, 0.1) is 18.3 Å². The first-order chi connectivity index (χ1) is 17.6. The lowest BCUT2D eigenvalue weighted by molar-refractivity contribution is -0.126. The van der Waals surface area contributed by atoms with Crippen molar-refractivity contribution in [3.05, 3.63) is 106 Å². The van der Waals surface area contributed by atoms with Gasteiger partial charge in [0.05, 0.1) is 0 Å². The summed E-state index contributed by atoms with van der Waals surface area (Å²) in [5.74, 6) is -0.215. The molecule has 0 unspecified atom stereocenters. The molecule has 1 fully saturated rings. The SMILES string of the molecule is Cc1c(/C=C(/C#N)C(=O)N2CCN(c3ccccc3)CC2)c2ccccc2n1Cc1ccccc1Cl. The van der Waals surface area contributed by atoms with Gasteiger partial charge in [-0.3, -0.25) is 4.79 Å². The van der Waals surface area contributed by atoms with E-state index in [1.165, 1.54) is 0 Å². The van der Waals surface area contributed by atoms with Gasteiger partial charge in [-0.25, -0.2) is 0 Å². The van der Waals surface area contributed by atoms with E-state index < -0.39 is 0 Å². The molecule has 1 aliphatic rings. The lowest BCUT2D eigenvalue weighted by Crippen LogP contribution is -2.49. The second kappa shape index (κ2) is 10.3. The van der Waals surface area contributed by atoms with Crippen LogP contribution in [0.3, 0.4) is 0 Å². The van der Waals surface area contributed by atoms with Gasteiger partial charge in [0.2, 0.25) is 0 Å². The Labute approximate surface area is 216 Å². The molecular formula is C30H27ClN4O. The number of carbonyl (C=O) groups is 1. The van der Waals surface area contributed by atoms with Crippen LogP contribution in [0.25, 0.3) is 17.0 Å². The maximum atomic E-state index is 13.4. The second-order valence-electron chi connectivity index (χ2n) is 8.98. The number of carbonyl (C=O) groups excluding carboxylic acids is 1. The van der Waals surface area contributed by atoms with E-state index in [2.05, 4.69) is 33.7 Å². The summed E-state index contributed by atoms with van der Waals surface area (Å²) in [6.07, 6.45) is 1.76. The summed E-state index contributed by atoms with van der Waals surface area (Å²) in [7, 11) is 0. The quantitative estimate of drug-likeness (QED) is 0.256. The Morgan fingerprint density at radius 1 is 0.944 bits per heavy atom. The van der Waals surface area contributed by atoms with Crippen LogP contribution in [0.2, 0.25) is 5.02 Å². The van der Waals surface area contributed by atoms with Crippen molar-refractivity contribution in [3.63, 3.8) is 0 Å². The average molecular weight is 495 g/mol. The standard InChI is InChI=1S/C30H27ClN4O/c1-22-27(26-12-6-8-14-29(26)35(22)21-23-9-5-7-13-28(23)31)19-24(20-32)30(36)34-17-15-33(16-18-34)25-10-3-2-4-11-25/h2-14,19H,15-18,21H2,1H3/b24-19-. The number of hydrogen-bond acceptors (Lipinski definition) is 3. The van der Waals surface area contributed by atoms with E-state index in [0.29, 0.717) is 24.7 Å². The van der Waals surface area contributed by atoms with Crippen LogP contribution in [-0.4, -0.2) is 41.6 Å². The molecule has 6 heteroatoms. The average Bonchev–Trinajstić information content (AvgIpc) is 3.19. The Morgan fingerprint density at radius 3 is 2.33 bits per heavy atom. The highest BCUT2D eigenvalue weighted by atomic mass is 35.5. The first kappa shape index (κ1) is 23.7. The molecule has 4 aromatic rings. The highest BCUT2D eigenvalue weighted by Crippen LogP contribution is 2.30. The monoisotopic (exact) mass is 494 g/mol. The molecule has 1 amide bonds. The van der Waals surface area contributed by atoms with Gasteiger partial charge in [0.25, 0.3) is 5.91 Å². The van der Waals surface area contributed by atoms with Gasteiger partial charge < -0.3 is 14.4 Å². The Hall–Kier alpha value is -4.01. The van der Waals surface area contributed by atoms with Crippen molar-refractivity contribution in [1.29, 1.82) is 5.26 Å². The number of hydrogen-bond donors (Lipinski definition) is 0. The number of nitriles is 1. The highest BCUT2D eigenvalue weighted by Gasteiger charge is 2.25. The van der Waals surface area contributed by atoms with Crippen LogP contribution in [0.5, 0.6) is 0 Å². The molecule has 3 aromatic carbocycles. The summed E-state index contributed by atoms with van der Waals surface area (Å²) in [6.45, 7) is 5.28. The summed E-state index contributed by atoms with van der Waals surface area (Å²) in [5.41, 5.74) is 5.26. The van der Waals surface area contributed by atoms with E-state index >= 15 is 0 Å². The molecule has 36 heavy (non-hydrogen) atoms. The van der Waals surface area contributed by atoms with Crippen molar-refractivity contribution < 1.29 is 4.79 Å². The van der Waals surface area contributed by atoms with Crippen molar-refractivity contribution in [1.82, 2.24) is 9.47 Å². The molecule has 5 nitrogen and oxygen atoms in total. The Bertz CT molecular complexity index is 1470. The minimum atomic E-state index is -0.215. The molecule has 0 atom stereocenters. The number of anilines is 1. The topological polar surface area (TPSA) is 52.3 Å². The van der Waals surface area contributed by atoms with Gasteiger partial charge in [0, 0.05) is 65.6 Å². The van der Waals surface area contributed by atoms with E-state index in [-0.39, 0.29) is 11.5 Å². The van der Waals surface area contributed by atoms with Gasteiger partial charge in [0.15, 0.2) is 0 Å². The first-order valence-electron chi connectivity index (χ1n) is 12.1. The summed E-state index contributed by atoms with van der Waals surface area (Å²) in [6, 6.07) is 28.3. The van der Waals surface area contributed by atoms with E-state index in [1.807, 2.05) is 67.6 Å². The molecule has 0 radical (unpaired) electrons. The zero-order valence-electron chi connectivity index (χ0n) is 20.2. The number of para-hydroxylation sites is 2. The lowest BCUT2D eigenvalue weighted by Gasteiger charge is -2.36. The predicted octanol–water partition coefficient (Wildman–Crippen LogP) is 5.91. The molecule has 0 saturated carbocycles. The van der Waals surface area contributed by atoms with Crippen LogP contribution in [0.1, 0.15) is 16.8 Å². The molecule has 0 bridgehead atoms. The van der Waals surface area contributed by atoms with Crippen LogP contribution in [-0.2, 0) is 11.3 Å². The molecule has 0 N–H and O–H groups in total. The van der Waals surface area contributed by atoms with Crippen LogP contribution < -0.4 is 4.90 Å². The van der Waals surface area contributed by atoms with Crippen molar-refractivity contribution in [2.45, 2.75) is 13.5 Å². The van der Waals surface area contributed by atoms with Crippen LogP contribution in [0.4, 0.5) is 5.69 Å². The maximum absolute atomic E-state index is 13.4. The maximum Gasteiger partial charge on any atom is 0.264 e. The van der Waals surface area contributed by atoms with E-state index in [4.69, 9.17) is 11.6 Å². The Morgan fingerprint density at radius 2 is 1.61 bits per heavy atom. The summed E-state index contributed by atoms with van der Waals surface area (Å²) >= 11 is 6.45. The van der Waals surface area contributed by atoms with Gasteiger partial charge in [0.1, 0.15) is 11.6 Å². The fourth-order valence-electron chi connectivity index (χ4n) is 4.90. The fraction of sp³-hybridized carbons (Fsp3) is 0.200. The third-order valence-corrected chi connectivity index (χ3v) is 7.26. The van der Waals surface area contributed by atoms with Crippen molar-refractivity contribution >= 4 is 40.2 Å². The summed E-state index contributed by atoms with van der Waals surface area (Å²) in [5, 5.41) is 11.7. The minimum absolute atomic E-state index is 0.159. The fourth-order valence-corrected chi connectivity index (χ4v) is 5.10. The normalized spacial score (nSPS) is 14.2. The number of piperazine rings is 1. The third-order valence-electron chi connectivity index (χ3n) is 6.89. The zero-order chi connectivity index (χ0) is 25.1. The van der Waals surface area contributed by atoms with Crippen molar-refractivity contribution in [2.75, 3.05) is 31.1 Å². The van der Waals surface area contributed by atoms with E-state index in [0.717, 1.165) is 46.5 Å². The largest absolute Gasteiger partial charge is 0.368 e. The predicted molar refractivity (Wildman–Crippen MR) is 146 cm³/mol. The number of halogens is 1. The summed E-state index contributed by atoms with van der Waals surface area (Å²) in [4.78, 5) is 17.4. The van der Waals surface area contributed by atoms with Gasteiger partial charge >= 0.3 is 0 Å². The van der Waals surface area contributed by atoms with Crippen molar-refractivity contribution in [2.24, 2.45) is 0 Å². The zero-order valence-corrected chi connectivity index (χ0v) is 20.9.